The molecule has 2 heterocycles. The van der Waals surface area contributed by atoms with Gasteiger partial charge in [-0.15, -0.1) is 0 Å². The van der Waals surface area contributed by atoms with E-state index in [0.717, 1.165) is 5.56 Å². The van der Waals surface area contributed by atoms with Crippen LogP contribution in [0.2, 0.25) is 0 Å². The fraction of sp³-hybridized carbons (Fsp3) is 0.478. The van der Waals surface area contributed by atoms with Crippen LogP contribution in [0.5, 0.6) is 0 Å². The maximum absolute atomic E-state index is 13.3. The predicted molar refractivity (Wildman–Crippen MR) is 116 cm³/mol. The van der Waals surface area contributed by atoms with Crippen LogP contribution in [-0.2, 0) is 14.4 Å². The monoisotopic (exact) mass is 426 g/mol. The number of aromatic nitrogens is 1. The molecule has 8 heteroatoms. The Kier molecular flexibility index (Phi) is 7.44. The van der Waals surface area contributed by atoms with Gasteiger partial charge in [-0.1, -0.05) is 49.3 Å². The number of hydrogen-bond donors (Lipinski definition) is 2. The van der Waals surface area contributed by atoms with E-state index >= 15 is 0 Å². The third-order valence-electron chi connectivity index (χ3n) is 5.34. The van der Waals surface area contributed by atoms with Gasteiger partial charge in [0, 0.05) is 31.5 Å². The number of rotatable bonds is 7. The molecule has 1 aromatic carbocycles. The van der Waals surface area contributed by atoms with Crippen molar-refractivity contribution in [1.29, 1.82) is 0 Å². The number of anilines is 1. The van der Waals surface area contributed by atoms with E-state index in [0.29, 0.717) is 43.9 Å². The van der Waals surface area contributed by atoms with Crippen molar-refractivity contribution < 1.29 is 18.9 Å². The molecule has 0 saturated carbocycles. The summed E-state index contributed by atoms with van der Waals surface area (Å²) in [4.78, 5) is 39.9. The predicted octanol–water partition coefficient (Wildman–Crippen LogP) is 3.06. The Morgan fingerprint density at radius 3 is 2.42 bits per heavy atom. The highest BCUT2D eigenvalue weighted by Crippen LogP contribution is 2.23. The molecule has 3 amide bonds. The molecule has 1 saturated heterocycles. The van der Waals surface area contributed by atoms with Crippen LogP contribution < -0.4 is 10.6 Å². The molecule has 1 aromatic heterocycles. The van der Waals surface area contributed by atoms with E-state index in [2.05, 4.69) is 15.8 Å². The second kappa shape index (κ2) is 10.2. The number of amides is 3. The molecule has 0 aliphatic carbocycles. The SMILES string of the molecule is Cc1cc(NC(=O)C2CCN(C(=O)C(NC(=O)CC(C)C)c3ccccc3)CC2)no1. The highest BCUT2D eigenvalue weighted by Gasteiger charge is 2.32. The number of carbonyl (C=O) groups excluding carboxylic acids is 3. The van der Waals surface area contributed by atoms with Crippen molar-refractivity contribution in [2.24, 2.45) is 11.8 Å². The molecule has 0 spiro atoms. The summed E-state index contributed by atoms with van der Waals surface area (Å²) < 4.78 is 4.97. The minimum absolute atomic E-state index is 0.120. The molecule has 166 valence electrons. The van der Waals surface area contributed by atoms with Crippen LogP contribution in [0.1, 0.15) is 50.5 Å². The number of nitrogens with zero attached hydrogens (tertiary/aromatic N) is 2. The van der Waals surface area contributed by atoms with Crippen molar-refractivity contribution in [3.8, 4) is 0 Å². The summed E-state index contributed by atoms with van der Waals surface area (Å²) in [5, 5.41) is 9.45. The average molecular weight is 427 g/mol. The maximum Gasteiger partial charge on any atom is 0.249 e. The molecular weight excluding hydrogens is 396 g/mol. The first-order valence-electron chi connectivity index (χ1n) is 10.7. The molecule has 1 unspecified atom stereocenters. The normalized spacial score (nSPS) is 15.5. The minimum atomic E-state index is -0.726. The molecule has 31 heavy (non-hydrogen) atoms. The van der Waals surface area contributed by atoms with E-state index in [4.69, 9.17) is 4.52 Å². The molecule has 3 rings (SSSR count). The Morgan fingerprint density at radius 1 is 1.16 bits per heavy atom. The van der Waals surface area contributed by atoms with E-state index in [1.807, 2.05) is 44.2 Å². The van der Waals surface area contributed by atoms with Gasteiger partial charge in [-0.3, -0.25) is 14.4 Å². The molecule has 0 radical (unpaired) electrons. The van der Waals surface area contributed by atoms with Crippen molar-refractivity contribution in [3.05, 3.63) is 47.7 Å². The highest BCUT2D eigenvalue weighted by molar-refractivity contribution is 5.92. The number of nitrogens with one attached hydrogen (secondary N) is 2. The van der Waals surface area contributed by atoms with Crippen LogP contribution in [0.25, 0.3) is 0 Å². The molecule has 1 fully saturated rings. The second-order valence-corrected chi connectivity index (χ2v) is 8.42. The van der Waals surface area contributed by atoms with Crippen LogP contribution >= 0.6 is 0 Å². The summed E-state index contributed by atoms with van der Waals surface area (Å²) in [6.07, 6.45) is 1.46. The lowest BCUT2D eigenvalue weighted by molar-refractivity contribution is -0.139. The van der Waals surface area contributed by atoms with Crippen molar-refractivity contribution >= 4 is 23.5 Å². The van der Waals surface area contributed by atoms with Crippen LogP contribution in [0, 0.1) is 18.8 Å². The number of benzene rings is 1. The first-order chi connectivity index (χ1) is 14.8. The van der Waals surface area contributed by atoms with Gasteiger partial charge in [0.15, 0.2) is 5.82 Å². The zero-order chi connectivity index (χ0) is 22.4. The molecular formula is C23H30N4O4. The summed E-state index contributed by atoms with van der Waals surface area (Å²) in [7, 11) is 0. The zero-order valence-electron chi connectivity index (χ0n) is 18.3. The quantitative estimate of drug-likeness (QED) is 0.708. The summed E-state index contributed by atoms with van der Waals surface area (Å²) in [5.74, 6) is 0.621. The Balaban J connectivity index is 1.61. The maximum atomic E-state index is 13.3. The highest BCUT2D eigenvalue weighted by atomic mass is 16.5. The molecule has 2 aromatic rings. The number of carbonyl (C=O) groups is 3. The Morgan fingerprint density at radius 2 is 1.84 bits per heavy atom. The molecule has 1 atom stereocenters. The average Bonchev–Trinajstić information content (AvgIpc) is 3.16. The van der Waals surface area contributed by atoms with E-state index in [-0.39, 0.29) is 29.6 Å². The molecule has 0 bridgehead atoms. The van der Waals surface area contributed by atoms with Gasteiger partial charge in [-0.2, -0.15) is 0 Å². The van der Waals surface area contributed by atoms with Gasteiger partial charge in [-0.25, -0.2) is 0 Å². The number of hydrogen-bond acceptors (Lipinski definition) is 5. The Hall–Kier alpha value is -3.16. The summed E-state index contributed by atoms with van der Waals surface area (Å²) in [6.45, 7) is 6.61. The lowest BCUT2D eigenvalue weighted by Gasteiger charge is -2.34. The third kappa shape index (κ3) is 6.16. The largest absolute Gasteiger partial charge is 0.360 e. The van der Waals surface area contributed by atoms with Crippen LogP contribution in [0.3, 0.4) is 0 Å². The van der Waals surface area contributed by atoms with Gasteiger partial charge in [0.25, 0.3) is 0 Å². The van der Waals surface area contributed by atoms with Crippen molar-refractivity contribution in [2.75, 3.05) is 18.4 Å². The summed E-state index contributed by atoms with van der Waals surface area (Å²) in [6, 6.07) is 10.2. The second-order valence-electron chi connectivity index (χ2n) is 8.42. The molecule has 2 N–H and O–H groups in total. The van der Waals surface area contributed by atoms with Gasteiger partial charge >= 0.3 is 0 Å². The van der Waals surface area contributed by atoms with Gasteiger partial charge in [0.05, 0.1) is 0 Å². The van der Waals surface area contributed by atoms with Crippen LogP contribution in [0.15, 0.2) is 40.9 Å². The Bertz CT molecular complexity index is 901. The molecule has 1 aliphatic heterocycles. The van der Waals surface area contributed by atoms with Crippen LogP contribution in [0.4, 0.5) is 5.82 Å². The van der Waals surface area contributed by atoms with Gasteiger partial charge in [-0.05, 0) is 31.2 Å². The van der Waals surface area contributed by atoms with E-state index < -0.39 is 6.04 Å². The zero-order valence-corrected chi connectivity index (χ0v) is 18.3. The molecule has 8 nitrogen and oxygen atoms in total. The third-order valence-corrected chi connectivity index (χ3v) is 5.34. The Labute approximate surface area is 182 Å². The van der Waals surface area contributed by atoms with Gasteiger partial charge in [0.2, 0.25) is 17.7 Å². The molecule has 1 aliphatic rings. The summed E-state index contributed by atoms with van der Waals surface area (Å²) in [5.41, 5.74) is 0.755. The van der Waals surface area contributed by atoms with Gasteiger partial charge < -0.3 is 20.1 Å². The smallest absolute Gasteiger partial charge is 0.249 e. The van der Waals surface area contributed by atoms with E-state index in [9.17, 15) is 14.4 Å². The fourth-order valence-corrected chi connectivity index (χ4v) is 3.72. The van der Waals surface area contributed by atoms with E-state index in [1.54, 1.807) is 17.9 Å². The van der Waals surface area contributed by atoms with Crippen molar-refractivity contribution in [1.82, 2.24) is 15.4 Å². The van der Waals surface area contributed by atoms with Gasteiger partial charge in [0.1, 0.15) is 11.8 Å². The van der Waals surface area contributed by atoms with Crippen molar-refractivity contribution in [3.63, 3.8) is 0 Å². The lowest BCUT2D eigenvalue weighted by atomic mass is 9.94. The number of piperidine rings is 1. The topological polar surface area (TPSA) is 105 Å². The van der Waals surface area contributed by atoms with Crippen molar-refractivity contribution in [2.45, 2.75) is 46.1 Å². The number of likely N-dealkylation sites (tertiary alicyclic amines) is 1. The standard InChI is InChI=1S/C23H30N4O4/c1-15(2)13-20(28)25-21(17-7-5-4-6-8-17)23(30)27-11-9-18(10-12-27)22(29)24-19-14-16(3)31-26-19/h4-8,14-15,18,21H,9-13H2,1-3H3,(H,25,28)(H,24,26,29). The first kappa shape index (κ1) is 22.5. The number of aryl methyl sites for hydroxylation is 1. The van der Waals surface area contributed by atoms with Crippen LogP contribution in [-0.4, -0.2) is 40.9 Å². The lowest BCUT2D eigenvalue weighted by Crippen LogP contribution is -2.47. The summed E-state index contributed by atoms with van der Waals surface area (Å²) >= 11 is 0. The fourth-order valence-electron chi connectivity index (χ4n) is 3.72. The van der Waals surface area contributed by atoms with E-state index in [1.165, 1.54) is 0 Å². The minimum Gasteiger partial charge on any atom is -0.360 e. The first-order valence-corrected chi connectivity index (χ1v) is 10.7.